The van der Waals surface area contributed by atoms with E-state index in [-0.39, 0.29) is 57.2 Å². The summed E-state index contributed by atoms with van der Waals surface area (Å²) >= 11 is 0. The number of ketones is 1. The van der Waals surface area contributed by atoms with E-state index >= 15 is 0 Å². The third-order valence-electron chi connectivity index (χ3n) is 0.498. The Hall–Kier alpha value is 1.31. The summed E-state index contributed by atoms with van der Waals surface area (Å²) in [5, 5.41) is 0. The Bertz CT molecular complexity index is 42.8. The molecule has 0 aromatic carbocycles. The van der Waals surface area contributed by atoms with E-state index in [9.17, 15) is 4.79 Å². The van der Waals surface area contributed by atoms with Gasteiger partial charge in [0.2, 0.25) is 0 Å². The van der Waals surface area contributed by atoms with Gasteiger partial charge in [0.25, 0.3) is 0 Å². The molecular weight excluding hydrogens is 103 g/mol. The molecule has 0 spiro atoms. The summed E-state index contributed by atoms with van der Waals surface area (Å²) in [6.45, 7) is 3.43. The number of Topliss-reactive ketones (excluding diaryl/α,β-unsaturated/α-hetero) is 1. The third kappa shape index (κ3) is 9.00. The van der Waals surface area contributed by atoms with Crippen LogP contribution in [0.15, 0.2) is 0 Å². The first kappa shape index (κ1) is 10.3. The molecule has 0 saturated heterocycles. The molecule has 0 aliphatic carbocycles. The first-order chi connectivity index (χ1) is 2.27. The van der Waals surface area contributed by atoms with Crippen molar-refractivity contribution in [2.45, 2.75) is 20.3 Å². The molecule has 0 aliphatic rings. The molecular formula is C4H8KO. The van der Waals surface area contributed by atoms with Gasteiger partial charge >= 0.3 is 0 Å². The van der Waals surface area contributed by atoms with Gasteiger partial charge in [0.05, 0.1) is 0 Å². The van der Waals surface area contributed by atoms with Gasteiger partial charge in [-0.1, -0.05) is 6.92 Å². The summed E-state index contributed by atoms with van der Waals surface area (Å²) in [6, 6.07) is 0. The fourth-order valence-corrected chi connectivity index (χ4v) is 0. The molecule has 1 nitrogen and oxygen atoms in total. The number of hydrogen-bond acceptors (Lipinski definition) is 1. The summed E-state index contributed by atoms with van der Waals surface area (Å²) in [4.78, 5) is 9.81. The molecule has 0 amide bonds. The minimum atomic E-state index is 0. The van der Waals surface area contributed by atoms with Crippen LogP contribution < -0.4 is 0 Å². The molecule has 0 bridgehead atoms. The second kappa shape index (κ2) is 6.31. The maximum atomic E-state index is 9.81. The summed E-state index contributed by atoms with van der Waals surface area (Å²) < 4.78 is 0. The van der Waals surface area contributed by atoms with Gasteiger partial charge in [-0.15, -0.1) is 0 Å². The smallest absolute Gasteiger partial charge is 0.129 e. The topological polar surface area (TPSA) is 17.1 Å². The quantitative estimate of drug-likeness (QED) is 0.453. The molecule has 0 heterocycles. The van der Waals surface area contributed by atoms with Crippen LogP contribution in [0, 0.1) is 0 Å². The van der Waals surface area contributed by atoms with Crippen LogP contribution in [0.2, 0.25) is 0 Å². The van der Waals surface area contributed by atoms with Crippen LogP contribution in [-0.4, -0.2) is 57.2 Å². The van der Waals surface area contributed by atoms with Crippen LogP contribution in [0.4, 0.5) is 0 Å². The van der Waals surface area contributed by atoms with Crippen molar-refractivity contribution >= 4 is 57.2 Å². The van der Waals surface area contributed by atoms with Gasteiger partial charge in [-0.25, -0.2) is 0 Å². The van der Waals surface area contributed by atoms with Crippen LogP contribution in [0.3, 0.4) is 0 Å². The molecule has 1 radical (unpaired) electrons. The number of carbonyl (C=O) groups excluding carboxylic acids is 1. The average Bonchev–Trinajstić information content (AvgIpc) is 1.38. The van der Waals surface area contributed by atoms with Crippen molar-refractivity contribution in [3.05, 3.63) is 0 Å². The molecule has 2 heteroatoms. The van der Waals surface area contributed by atoms with E-state index in [0.717, 1.165) is 0 Å². The Morgan fingerprint density at radius 3 is 1.83 bits per heavy atom. The molecule has 0 aromatic rings. The Labute approximate surface area is 80.9 Å². The summed E-state index contributed by atoms with van der Waals surface area (Å²) in [5.41, 5.74) is 0. The zero-order valence-corrected chi connectivity index (χ0v) is 7.74. The van der Waals surface area contributed by atoms with Crippen LogP contribution in [0.25, 0.3) is 0 Å². The molecule has 0 rings (SSSR count). The number of hydrogen-bond donors (Lipinski definition) is 0. The molecule has 0 saturated carbocycles. The van der Waals surface area contributed by atoms with Crippen LogP contribution in [0.1, 0.15) is 20.3 Å². The van der Waals surface area contributed by atoms with Crippen molar-refractivity contribution < 1.29 is 4.79 Å². The van der Waals surface area contributed by atoms with Gasteiger partial charge in [0.15, 0.2) is 0 Å². The van der Waals surface area contributed by atoms with Crippen LogP contribution >= 0.6 is 0 Å². The standard InChI is InChI=1S/C4H8O.K/c1-3-4(2)5;/h3H2,1-2H3;. The van der Waals surface area contributed by atoms with E-state index in [4.69, 9.17) is 0 Å². The molecule has 0 aliphatic heterocycles. The first-order valence-corrected chi connectivity index (χ1v) is 1.76. The average molecular weight is 111 g/mol. The summed E-state index contributed by atoms with van der Waals surface area (Å²) in [5.74, 6) is 0.255. The minimum absolute atomic E-state index is 0. The molecule has 0 fully saturated rings. The second-order valence-corrected chi connectivity index (χ2v) is 1.06. The zero-order chi connectivity index (χ0) is 4.28. The van der Waals surface area contributed by atoms with Crippen LogP contribution in [0.5, 0.6) is 0 Å². The van der Waals surface area contributed by atoms with E-state index in [1.54, 1.807) is 6.92 Å². The van der Waals surface area contributed by atoms with Gasteiger partial charge in [0, 0.05) is 57.8 Å². The fourth-order valence-electron chi connectivity index (χ4n) is 0. The zero-order valence-electron chi connectivity index (χ0n) is 4.62. The van der Waals surface area contributed by atoms with Crippen molar-refractivity contribution in [1.29, 1.82) is 0 Å². The number of rotatable bonds is 1. The largest absolute Gasteiger partial charge is 0.300 e. The minimum Gasteiger partial charge on any atom is -0.300 e. The predicted molar refractivity (Wildman–Crippen MR) is 26.7 cm³/mol. The molecule has 0 N–H and O–H groups in total. The van der Waals surface area contributed by atoms with E-state index in [1.807, 2.05) is 6.92 Å². The second-order valence-electron chi connectivity index (χ2n) is 1.06. The third-order valence-corrected chi connectivity index (χ3v) is 0.498. The van der Waals surface area contributed by atoms with E-state index in [1.165, 1.54) is 0 Å². The molecule has 0 aromatic heterocycles. The van der Waals surface area contributed by atoms with Crippen molar-refractivity contribution in [2.75, 3.05) is 0 Å². The molecule has 0 unspecified atom stereocenters. The monoisotopic (exact) mass is 111 g/mol. The normalized spacial score (nSPS) is 6.33. The van der Waals surface area contributed by atoms with E-state index in [0.29, 0.717) is 6.42 Å². The Morgan fingerprint density at radius 2 is 1.83 bits per heavy atom. The first-order valence-electron chi connectivity index (χ1n) is 1.76. The van der Waals surface area contributed by atoms with Gasteiger partial charge in [-0.3, -0.25) is 0 Å². The molecule has 6 heavy (non-hydrogen) atoms. The van der Waals surface area contributed by atoms with Crippen molar-refractivity contribution in [3.8, 4) is 0 Å². The SMILES string of the molecule is CCC(C)=O.[K]. The van der Waals surface area contributed by atoms with Gasteiger partial charge < -0.3 is 4.79 Å². The van der Waals surface area contributed by atoms with Crippen molar-refractivity contribution in [2.24, 2.45) is 0 Å². The summed E-state index contributed by atoms with van der Waals surface area (Å²) in [7, 11) is 0. The fraction of sp³-hybridized carbons (Fsp3) is 0.750. The van der Waals surface area contributed by atoms with E-state index in [2.05, 4.69) is 0 Å². The Morgan fingerprint density at radius 1 is 1.67 bits per heavy atom. The van der Waals surface area contributed by atoms with Crippen LogP contribution in [-0.2, 0) is 4.79 Å². The van der Waals surface area contributed by atoms with Crippen molar-refractivity contribution in [3.63, 3.8) is 0 Å². The molecule has 0 atom stereocenters. The van der Waals surface area contributed by atoms with Gasteiger partial charge in [0.1, 0.15) is 5.78 Å². The number of carbonyl (C=O) groups is 1. The maximum Gasteiger partial charge on any atom is 0.129 e. The van der Waals surface area contributed by atoms with E-state index < -0.39 is 0 Å². The Kier molecular flexibility index (Phi) is 10.8. The summed E-state index contributed by atoms with van der Waals surface area (Å²) in [6.07, 6.45) is 0.667. The van der Waals surface area contributed by atoms with Gasteiger partial charge in [-0.2, -0.15) is 0 Å². The maximum absolute atomic E-state index is 9.81. The predicted octanol–water partition coefficient (Wildman–Crippen LogP) is 0.605. The van der Waals surface area contributed by atoms with Gasteiger partial charge in [-0.05, 0) is 6.92 Å². The van der Waals surface area contributed by atoms with Crippen molar-refractivity contribution in [1.82, 2.24) is 0 Å². The Balaban J connectivity index is 0. The molecule has 31 valence electrons.